The molecule has 3 aromatic rings. The Labute approximate surface area is 211 Å². The van der Waals surface area contributed by atoms with Crippen LogP contribution in [0.3, 0.4) is 0 Å². The third-order valence-electron chi connectivity index (χ3n) is 6.94. The molecule has 3 heterocycles. The number of nitrogens with zero attached hydrogens (tertiary/aromatic N) is 3. The van der Waals surface area contributed by atoms with Gasteiger partial charge < -0.3 is 4.90 Å². The lowest BCUT2D eigenvalue weighted by Gasteiger charge is -2.33. The third kappa shape index (κ3) is 2.91. The molecule has 3 aliphatic rings. The average Bonchev–Trinajstić information content (AvgIpc) is 3.45. The molecule has 180 valence electrons. The summed E-state index contributed by atoms with van der Waals surface area (Å²) in [6.07, 6.45) is 1.59. The first-order valence-electron chi connectivity index (χ1n) is 11.4. The van der Waals surface area contributed by atoms with E-state index >= 15 is 0 Å². The van der Waals surface area contributed by atoms with Gasteiger partial charge in [-0.3, -0.25) is 19.8 Å². The van der Waals surface area contributed by atoms with E-state index in [0.717, 1.165) is 4.90 Å². The second kappa shape index (κ2) is 8.01. The van der Waals surface area contributed by atoms with E-state index in [-0.39, 0.29) is 6.54 Å². The highest BCUT2D eigenvalue weighted by molar-refractivity contribution is 6.31. The average molecular weight is 503 g/mol. The summed E-state index contributed by atoms with van der Waals surface area (Å²) in [6.45, 7) is 3.96. The molecule has 2 fully saturated rings. The van der Waals surface area contributed by atoms with Gasteiger partial charge in [-0.1, -0.05) is 48.0 Å². The predicted octanol–water partition coefficient (Wildman–Crippen LogP) is 4.35. The third-order valence-corrected chi connectivity index (χ3v) is 7.17. The molecule has 3 aliphatic heterocycles. The number of nitrogens with one attached hydrogen (secondary N) is 1. The fourth-order valence-electron chi connectivity index (χ4n) is 5.47. The molecule has 0 bridgehead atoms. The molecule has 0 radical (unpaired) electrons. The van der Waals surface area contributed by atoms with Crippen molar-refractivity contribution in [2.24, 2.45) is 0 Å². The highest BCUT2D eigenvalue weighted by atomic mass is 35.5. The second-order valence-corrected chi connectivity index (χ2v) is 9.29. The molecular formula is C27H20ClFN4O3. The maximum Gasteiger partial charge on any atom is 0.334 e. The number of imide groups is 1. The van der Waals surface area contributed by atoms with Crippen LogP contribution in [0, 0.1) is 5.82 Å². The SMILES string of the molecule is C=CCN1C(=O)[C@]2(N[C@@H](c3ccc(F)cc3)[C@H]3C(=O)N(c4ccccc4)C(=O)N32)c2cc(Cl)ccc21. The van der Waals surface area contributed by atoms with Gasteiger partial charge in [0.1, 0.15) is 11.9 Å². The van der Waals surface area contributed by atoms with Crippen molar-refractivity contribution in [3.8, 4) is 0 Å². The minimum absolute atomic E-state index is 0.196. The smallest absolute Gasteiger partial charge is 0.305 e. The Kier molecular flexibility index (Phi) is 5.00. The Balaban J connectivity index is 1.59. The summed E-state index contributed by atoms with van der Waals surface area (Å²) >= 11 is 6.36. The van der Waals surface area contributed by atoms with E-state index in [1.807, 2.05) is 0 Å². The van der Waals surface area contributed by atoms with Gasteiger partial charge in [0, 0.05) is 17.1 Å². The molecule has 9 heteroatoms. The van der Waals surface area contributed by atoms with Gasteiger partial charge in [0.2, 0.25) is 5.66 Å². The zero-order valence-corrected chi connectivity index (χ0v) is 19.7. The molecular weight excluding hydrogens is 483 g/mol. The number of carbonyl (C=O) groups is 3. The molecule has 7 nitrogen and oxygen atoms in total. The van der Waals surface area contributed by atoms with E-state index < -0.39 is 41.4 Å². The van der Waals surface area contributed by atoms with E-state index in [1.54, 1.807) is 66.7 Å². The Bertz CT molecular complexity index is 1430. The van der Waals surface area contributed by atoms with E-state index in [4.69, 9.17) is 11.6 Å². The van der Waals surface area contributed by atoms with Crippen LogP contribution in [0.4, 0.5) is 20.6 Å². The Hall–Kier alpha value is -4.01. The number of rotatable bonds is 4. The summed E-state index contributed by atoms with van der Waals surface area (Å²) in [6, 6.07) is 16.8. The summed E-state index contributed by atoms with van der Waals surface area (Å²) in [7, 11) is 0. The molecule has 3 aromatic carbocycles. The summed E-state index contributed by atoms with van der Waals surface area (Å²) < 4.78 is 13.8. The lowest BCUT2D eigenvalue weighted by atomic mass is 9.99. The van der Waals surface area contributed by atoms with E-state index in [9.17, 15) is 18.8 Å². The Morgan fingerprint density at radius 2 is 1.75 bits per heavy atom. The highest BCUT2D eigenvalue weighted by Gasteiger charge is 2.70. The van der Waals surface area contributed by atoms with Crippen molar-refractivity contribution in [2.75, 3.05) is 16.3 Å². The quantitative estimate of drug-likeness (QED) is 0.425. The zero-order valence-electron chi connectivity index (χ0n) is 18.9. The lowest BCUT2D eigenvalue weighted by Crippen LogP contribution is -2.58. The zero-order chi connectivity index (χ0) is 25.2. The molecule has 0 aliphatic carbocycles. The maximum absolute atomic E-state index is 14.1. The first-order chi connectivity index (χ1) is 17.4. The number of anilines is 2. The fourth-order valence-corrected chi connectivity index (χ4v) is 5.64. The van der Waals surface area contributed by atoms with Gasteiger partial charge in [-0.05, 0) is 48.0 Å². The number of urea groups is 1. The number of halogens is 2. The van der Waals surface area contributed by atoms with E-state index in [0.29, 0.717) is 27.5 Å². The standard InChI is InChI=1S/C27H20ClFN4O3/c1-2-14-31-21-13-10-17(28)15-20(21)27(25(31)35)30-22(16-8-11-18(29)12-9-16)23-24(34)32(26(36)33(23)27)19-6-4-3-5-7-19/h2-13,15,22-23,30H,1,14H2/t22-,23-,27-/m0/s1. The summed E-state index contributed by atoms with van der Waals surface area (Å²) in [4.78, 5) is 45.9. The number of para-hydroxylation sites is 1. The van der Waals surface area contributed by atoms with Crippen LogP contribution in [0.15, 0.2) is 85.5 Å². The lowest BCUT2D eigenvalue weighted by molar-refractivity contribution is -0.128. The number of fused-ring (bicyclic) bond motifs is 4. The minimum Gasteiger partial charge on any atom is -0.305 e. The minimum atomic E-state index is -1.69. The number of carbonyl (C=O) groups excluding carboxylic acids is 3. The number of hydrogen-bond donors (Lipinski definition) is 1. The van der Waals surface area contributed by atoms with E-state index in [2.05, 4.69) is 11.9 Å². The van der Waals surface area contributed by atoms with Crippen LogP contribution in [0.5, 0.6) is 0 Å². The molecule has 0 aromatic heterocycles. The highest BCUT2D eigenvalue weighted by Crippen LogP contribution is 2.53. The van der Waals surface area contributed by atoms with Gasteiger partial charge in [-0.15, -0.1) is 6.58 Å². The molecule has 4 amide bonds. The van der Waals surface area contributed by atoms with Crippen molar-refractivity contribution in [1.82, 2.24) is 10.2 Å². The number of amides is 4. The molecule has 0 unspecified atom stereocenters. The molecule has 36 heavy (non-hydrogen) atoms. The van der Waals surface area contributed by atoms with E-state index in [1.165, 1.54) is 21.9 Å². The molecule has 6 rings (SSSR count). The molecule has 1 N–H and O–H groups in total. The molecule has 1 spiro atoms. The van der Waals surface area contributed by atoms with Gasteiger partial charge in [-0.2, -0.15) is 0 Å². The number of benzene rings is 3. The topological polar surface area (TPSA) is 73.0 Å². The number of hydrogen-bond acceptors (Lipinski definition) is 4. The predicted molar refractivity (Wildman–Crippen MR) is 133 cm³/mol. The fraction of sp³-hybridized carbons (Fsp3) is 0.148. The van der Waals surface area contributed by atoms with Crippen LogP contribution in [-0.2, 0) is 15.3 Å². The summed E-state index contributed by atoms with van der Waals surface area (Å²) in [5, 5.41) is 3.69. The van der Waals surface area contributed by atoms with Crippen molar-refractivity contribution in [3.63, 3.8) is 0 Å². The van der Waals surface area contributed by atoms with Crippen molar-refractivity contribution in [3.05, 3.63) is 107 Å². The molecule has 0 saturated carbocycles. The first kappa shape index (κ1) is 22.5. The Morgan fingerprint density at radius 1 is 1.03 bits per heavy atom. The van der Waals surface area contributed by atoms with Gasteiger partial charge in [0.05, 0.1) is 17.4 Å². The monoisotopic (exact) mass is 502 g/mol. The summed E-state index contributed by atoms with van der Waals surface area (Å²) in [5.41, 5.74) is 0.303. The molecule has 3 atom stereocenters. The first-order valence-corrected chi connectivity index (χ1v) is 11.7. The van der Waals surface area contributed by atoms with Crippen LogP contribution in [0.25, 0.3) is 0 Å². The van der Waals surface area contributed by atoms with Gasteiger partial charge in [-0.25, -0.2) is 14.1 Å². The van der Waals surface area contributed by atoms with Gasteiger partial charge in [0.15, 0.2) is 0 Å². The van der Waals surface area contributed by atoms with Crippen LogP contribution in [-0.4, -0.2) is 35.3 Å². The van der Waals surface area contributed by atoms with Crippen molar-refractivity contribution in [2.45, 2.75) is 17.7 Å². The summed E-state index contributed by atoms with van der Waals surface area (Å²) in [5.74, 6) is -1.34. The second-order valence-electron chi connectivity index (χ2n) is 8.86. The van der Waals surface area contributed by atoms with Crippen molar-refractivity contribution < 1.29 is 18.8 Å². The van der Waals surface area contributed by atoms with Crippen molar-refractivity contribution in [1.29, 1.82) is 0 Å². The van der Waals surface area contributed by atoms with Crippen LogP contribution in [0.1, 0.15) is 17.2 Å². The molecule has 2 saturated heterocycles. The van der Waals surface area contributed by atoms with Crippen LogP contribution >= 0.6 is 11.6 Å². The van der Waals surface area contributed by atoms with Gasteiger partial charge in [0.25, 0.3) is 11.8 Å². The largest absolute Gasteiger partial charge is 0.334 e. The van der Waals surface area contributed by atoms with Crippen LogP contribution < -0.4 is 15.1 Å². The van der Waals surface area contributed by atoms with Gasteiger partial charge >= 0.3 is 6.03 Å². The Morgan fingerprint density at radius 3 is 2.44 bits per heavy atom. The van der Waals surface area contributed by atoms with Crippen LogP contribution in [0.2, 0.25) is 5.02 Å². The maximum atomic E-state index is 14.1. The normalized spacial score (nSPS) is 24.6. The van der Waals surface area contributed by atoms with Crippen molar-refractivity contribution >= 4 is 40.8 Å².